The first-order valence-electron chi connectivity index (χ1n) is 12.2. The average Bonchev–Trinajstić information content (AvgIpc) is 3.28. The lowest BCUT2D eigenvalue weighted by Crippen LogP contribution is -2.61. The predicted octanol–water partition coefficient (Wildman–Crippen LogP) is -0.152. The molecule has 0 radical (unpaired) electrons. The van der Waals surface area contributed by atoms with Crippen molar-refractivity contribution >= 4 is 33.6 Å². The van der Waals surface area contributed by atoms with E-state index in [0.717, 1.165) is 0 Å². The van der Waals surface area contributed by atoms with Crippen LogP contribution in [0.3, 0.4) is 0 Å². The van der Waals surface area contributed by atoms with Crippen molar-refractivity contribution in [1.29, 1.82) is 0 Å². The van der Waals surface area contributed by atoms with Gasteiger partial charge in [-0.05, 0) is 50.0 Å². The molecule has 0 aromatic heterocycles. The van der Waals surface area contributed by atoms with E-state index < -0.39 is 51.7 Å². The zero-order valence-electron chi connectivity index (χ0n) is 19.9. The van der Waals surface area contributed by atoms with Crippen molar-refractivity contribution in [2.45, 2.75) is 68.4 Å². The van der Waals surface area contributed by atoms with Crippen molar-refractivity contribution in [1.82, 2.24) is 14.5 Å². The lowest BCUT2D eigenvalue weighted by Gasteiger charge is -2.39. The number of ketones is 1. The number of nitrogens with one attached hydrogen (secondary N) is 1. The predicted molar refractivity (Wildman–Crippen MR) is 129 cm³/mol. The maximum Gasteiger partial charge on any atom is 0.374 e. The molecule has 2 aliphatic heterocycles. The van der Waals surface area contributed by atoms with E-state index in [9.17, 15) is 32.7 Å². The van der Waals surface area contributed by atoms with Gasteiger partial charge in [0.25, 0.3) is 5.78 Å². The molecule has 3 aliphatic rings. The molecule has 1 aromatic carbocycles. The number of amides is 2. The van der Waals surface area contributed by atoms with Crippen molar-refractivity contribution in [3.05, 3.63) is 35.9 Å². The summed E-state index contributed by atoms with van der Waals surface area (Å²) in [5.74, 6) is -4.33. The third kappa shape index (κ3) is 5.60. The fourth-order valence-electron chi connectivity index (χ4n) is 5.58. The Morgan fingerprint density at radius 3 is 2.36 bits per heavy atom. The summed E-state index contributed by atoms with van der Waals surface area (Å²) in [5.41, 5.74) is 6.55. The quantitative estimate of drug-likeness (QED) is 0.398. The van der Waals surface area contributed by atoms with Crippen LogP contribution in [0.5, 0.6) is 0 Å². The number of carboxylic acids is 1. The second-order valence-electron chi connectivity index (χ2n) is 9.91. The van der Waals surface area contributed by atoms with Gasteiger partial charge in [-0.3, -0.25) is 14.4 Å². The standard InChI is InChI=1S/C24H32N4O7S/c25-17-8-6-16(7-9-17)21(22(30)24(32)33)26-23(31)19-11-10-18-12-27(13-20(29)28(18)19)36(34,35)14-15-4-2-1-3-5-15/h1-5,16-19,21H,6-14,25H2,(H,26,31)(H,32,33). The molecule has 2 heterocycles. The fourth-order valence-corrected chi connectivity index (χ4v) is 7.08. The minimum absolute atomic E-state index is 0.0137. The number of aliphatic carboxylic acids is 1. The summed E-state index contributed by atoms with van der Waals surface area (Å²) in [6, 6.07) is 6.16. The average molecular weight is 521 g/mol. The van der Waals surface area contributed by atoms with E-state index in [2.05, 4.69) is 5.32 Å². The maximum absolute atomic E-state index is 13.2. The maximum atomic E-state index is 13.2. The first-order chi connectivity index (χ1) is 17.1. The Kier molecular flexibility index (Phi) is 7.76. The molecule has 2 amide bonds. The van der Waals surface area contributed by atoms with E-state index in [4.69, 9.17) is 5.73 Å². The highest BCUT2D eigenvalue weighted by molar-refractivity contribution is 7.88. The van der Waals surface area contributed by atoms with Crippen molar-refractivity contribution in [3.8, 4) is 0 Å². The second kappa shape index (κ2) is 10.7. The summed E-state index contributed by atoms with van der Waals surface area (Å²) in [6.07, 6.45) is 3.04. The van der Waals surface area contributed by atoms with Gasteiger partial charge < -0.3 is 21.1 Å². The molecule has 3 atom stereocenters. The molecule has 1 aliphatic carbocycles. The molecule has 0 bridgehead atoms. The third-order valence-corrected chi connectivity index (χ3v) is 9.25. The van der Waals surface area contributed by atoms with Crippen LogP contribution in [0.25, 0.3) is 0 Å². The van der Waals surface area contributed by atoms with Gasteiger partial charge in [-0.1, -0.05) is 30.3 Å². The Hall–Kier alpha value is -2.83. The zero-order chi connectivity index (χ0) is 26.0. The molecule has 11 nitrogen and oxygen atoms in total. The highest BCUT2D eigenvalue weighted by Gasteiger charge is 2.48. The number of carbonyl (C=O) groups excluding carboxylic acids is 3. The highest BCUT2D eigenvalue weighted by atomic mass is 32.2. The normalized spacial score (nSPS) is 27.8. The molecular weight excluding hydrogens is 488 g/mol. The number of carboxylic acid groups (broad SMARTS) is 1. The Bertz CT molecular complexity index is 1120. The molecule has 1 aromatic rings. The molecule has 3 unspecified atom stereocenters. The van der Waals surface area contributed by atoms with Crippen LogP contribution < -0.4 is 11.1 Å². The van der Waals surface area contributed by atoms with Gasteiger partial charge in [0.05, 0.1) is 12.3 Å². The van der Waals surface area contributed by atoms with E-state index in [1.54, 1.807) is 30.3 Å². The number of benzene rings is 1. The van der Waals surface area contributed by atoms with Gasteiger partial charge >= 0.3 is 5.97 Å². The number of rotatable bonds is 8. The van der Waals surface area contributed by atoms with Crippen LogP contribution in [0.4, 0.5) is 0 Å². The summed E-state index contributed by atoms with van der Waals surface area (Å²) in [5, 5.41) is 11.9. The SMILES string of the molecule is NC1CCC(C(NC(=O)C2CCC3CN(S(=O)(=O)Cc4ccccc4)CC(=O)N32)C(=O)C(=O)O)CC1. The molecule has 2 saturated heterocycles. The topological polar surface area (TPSA) is 167 Å². The zero-order valence-corrected chi connectivity index (χ0v) is 20.7. The van der Waals surface area contributed by atoms with Gasteiger partial charge in [0.2, 0.25) is 21.8 Å². The highest BCUT2D eigenvalue weighted by Crippen LogP contribution is 2.31. The summed E-state index contributed by atoms with van der Waals surface area (Å²) >= 11 is 0. The molecular formula is C24H32N4O7S. The minimum Gasteiger partial charge on any atom is -0.475 e. The van der Waals surface area contributed by atoms with Gasteiger partial charge in [-0.2, -0.15) is 4.31 Å². The fraction of sp³-hybridized carbons (Fsp3) is 0.583. The molecule has 0 spiro atoms. The molecule has 36 heavy (non-hydrogen) atoms. The number of Topliss-reactive ketones (excluding diaryl/α,β-unsaturated/α-hetero) is 1. The van der Waals surface area contributed by atoms with Gasteiger partial charge in [-0.25, -0.2) is 13.2 Å². The van der Waals surface area contributed by atoms with Gasteiger partial charge in [0.1, 0.15) is 12.1 Å². The number of nitrogens with zero attached hydrogens (tertiary/aromatic N) is 2. The second-order valence-corrected chi connectivity index (χ2v) is 11.9. The summed E-state index contributed by atoms with van der Waals surface area (Å²) < 4.78 is 27.1. The van der Waals surface area contributed by atoms with E-state index in [0.29, 0.717) is 44.1 Å². The van der Waals surface area contributed by atoms with Gasteiger partial charge in [0.15, 0.2) is 0 Å². The number of carbonyl (C=O) groups is 4. The molecule has 12 heteroatoms. The lowest BCUT2D eigenvalue weighted by atomic mass is 9.80. The van der Waals surface area contributed by atoms with E-state index >= 15 is 0 Å². The van der Waals surface area contributed by atoms with Crippen LogP contribution in [-0.4, -0.2) is 83.6 Å². The Morgan fingerprint density at radius 2 is 1.72 bits per heavy atom. The smallest absolute Gasteiger partial charge is 0.374 e. The van der Waals surface area contributed by atoms with Crippen molar-refractivity contribution in [2.75, 3.05) is 13.1 Å². The van der Waals surface area contributed by atoms with E-state index in [1.807, 2.05) is 0 Å². The van der Waals surface area contributed by atoms with Crippen LogP contribution in [0, 0.1) is 5.92 Å². The van der Waals surface area contributed by atoms with Crippen LogP contribution in [-0.2, 0) is 35.0 Å². The number of hydrogen-bond acceptors (Lipinski definition) is 7. The van der Waals surface area contributed by atoms with Crippen LogP contribution in [0.2, 0.25) is 0 Å². The Morgan fingerprint density at radius 1 is 1.06 bits per heavy atom. The number of fused-ring (bicyclic) bond motifs is 1. The van der Waals surface area contributed by atoms with Crippen molar-refractivity contribution in [2.24, 2.45) is 11.7 Å². The van der Waals surface area contributed by atoms with Crippen LogP contribution in [0.1, 0.15) is 44.1 Å². The van der Waals surface area contributed by atoms with Crippen LogP contribution in [0.15, 0.2) is 30.3 Å². The third-order valence-electron chi connectivity index (χ3n) is 7.48. The number of nitrogens with two attached hydrogens (primary N) is 1. The number of piperazine rings is 1. The number of hydrogen-bond donors (Lipinski definition) is 3. The van der Waals surface area contributed by atoms with E-state index in [1.165, 1.54) is 9.21 Å². The molecule has 196 valence electrons. The van der Waals surface area contributed by atoms with Crippen molar-refractivity contribution in [3.63, 3.8) is 0 Å². The van der Waals surface area contributed by atoms with Crippen LogP contribution >= 0.6 is 0 Å². The Balaban J connectivity index is 1.44. The Labute approximate surface area is 210 Å². The summed E-state index contributed by atoms with van der Waals surface area (Å²) in [4.78, 5) is 51.5. The molecule has 4 N–H and O–H groups in total. The molecule has 1 saturated carbocycles. The molecule has 3 fully saturated rings. The first kappa shape index (κ1) is 26.2. The first-order valence-corrected chi connectivity index (χ1v) is 13.8. The minimum atomic E-state index is -3.74. The van der Waals surface area contributed by atoms with Gasteiger partial charge in [0, 0.05) is 18.6 Å². The molecule has 4 rings (SSSR count). The lowest BCUT2D eigenvalue weighted by molar-refractivity contribution is -0.152. The van der Waals surface area contributed by atoms with E-state index in [-0.39, 0.29) is 30.8 Å². The number of sulfonamides is 1. The largest absolute Gasteiger partial charge is 0.475 e. The summed E-state index contributed by atoms with van der Waals surface area (Å²) in [7, 11) is -3.74. The monoisotopic (exact) mass is 520 g/mol. The van der Waals surface area contributed by atoms with Crippen molar-refractivity contribution < 1.29 is 32.7 Å². The summed E-state index contributed by atoms with van der Waals surface area (Å²) in [6.45, 7) is -0.282. The van der Waals surface area contributed by atoms with Gasteiger partial charge in [-0.15, -0.1) is 0 Å².